The smallest absolute Gasteiger partial charge is 0.328 e. The van der Waals surface area contributed by atoms with Crippen LogP contribution in [0.1, 0.15) is 6.42 Å². The van der Waals surface area contributed by atoms with E-state index < -0.39 is 0 Å². The largest absolute Gasteiger partial charge is 0.329 e. The van der Waals surface area contributed by atoms with Gasteiger partial charge in [0.15, 0.2) is 0 Å². The minimum Gasteiger partial charge on any atom is -0.329 e. The van der Waals surface area contributed by atoms with Gasteiger partial charge >= 0.3 is 6.03 Å². The van der Waals surface area contributed by atoms with E-state index in [2.05, 4.69) is 10.4 Å². The number of fused-ring (bicyclic) bond motifs is 1. The number of carbonyl (C=O) groups excluding carboxylic acids is 2. The second-order valence-corrected chi connectivity index (χ2v) is 4.65. The van der Waals surface area contributed by atoms with Crippen LogP contribution in [-0.4, -0.2) is 34.8 Å². The lowest BCUT2D eigenvalue weighted by Gasteiger charge is -2.26. The Morgan fingerprint density at radius 2 is 2.20 bits per heavy atom. The Morgan fingerprint density at radius 3 is 2.95 bits per heavy atom. The van der Waals surface area contributed by atoms with Crippen molar-refractivity contribution in [3.05, 3.63) is 24.4 Å². The highest BCUT2D eigenvalue weighted by molar-refractivity contribution is 6.06. The van der Waals surface area contributed by atoms with Crippen molar-refractivity contribution in [1.82, 2.24) is 15.1 Å². The summed E-state index contributed by atoms with van der Waals surface area (Å²) in [5.74, 6) is -0.233. The molecule has 1 fully saturated rings. The molecule has 1 aliphatic heterocycles. The van der Waals surface area contributed by atoms with Crippen molar-refractivity contribution < 1.29 is 9.59 Å². The monoisotopic (exact) mass is 273 g/mol. The van der Waals surface area contributed by atoms with Gasteiger partial charge in [-0.25, -0.2) is 4.79 Å². The molecule has 104 valence electrons. The van der Waals surface area contributed by atoms with Crippen molar-refractivity contribution in [2.45, 2.75) is 13.0 Å². The molecular weight excluding hydrogens is 258 g/mol. The van der Waals surface area contributed by atoms with Crippen LogP contribution in [0.2, 0.25) is 0 Å². The number of nitrogens with zero attached hydrogens (tertiary/aromatic N) is 3. The van der Waals surface area contributed by atoms with Crippen LogP contribution in [0.25, 0.3) is 10.9 Å². The molecule has 2 heterocycles. The van der Waals surface area contributed by atoms with E-state index in [1.165, 1.54) is 0 Å². The molecule has 7 heteroatoms. The van der Waals surface area contributed by atoms with Gasteiger partial charge in [-0.2, -0.15) is 5.10 Å². The Labute approximate surface area is 115 Å². The molecule has 3 rings (SSSR count). The molecule has 0 atom stereocenters. The first-order chi connectivity index (χ1) is 9.69. The van der Waals surface area contributed by atoms with Crippen molar-refractivity contribution in [3.63, 3.8) is 0 Å². The van der Waals surface area contributed by atoms with Gasteiger partial charge < -0.3 is 5.73 Å². The number of nitrogens with two attached hydrogens (primary N) is 1. The first-order valence-corrected chi connectivity index (χ1v) is 6.46. The molecule has 1 aromatic carbocycles. The average Bonchev–Trinajstić information content (AvgIpc) is 2.82. The van der Waals surface area contributed by atoms with E-state index in [0.29, 0.717) is 26.1 Å². The second-order valence-electron chi connectivity index (χ2n) is 4.65. The van der Waals surface area contributed by atoms with Gasteiger partial charge in [0.05, 0.1) is 18.3 Å². The fourth-order valence-electron chi connectivity index (χ4n) is 2.35. The third-order valence-corrected chi connectivity index (χ3v) is 3.33. The number of urea groups is 1. The number of hydrogen-bond donors (Lipinski definition) is 2. The molecule has 0 aliphatic carbocycles. The number of aromatic nitrogens is 2. The molecule has 7 nitrogen and oxygen atoms in total. The second kappa shape index (κ2) is 4.93. The number of imide groups is 1. The zero-order chi connectivity index (χ0) is 14.1. The lowest BCUT2D eigenvalue weighted by molar-refractivity contribution is -0.120. The summed E-state index contributed by atoms with van der Waals surface area (Å²) in [5.41, 5.74) is 7.27. The number of carbonyl (C=O) groups is 2. The molecule has 2 aromatic rings. The predicted molar refractivity (Wildman–Crippen MR) is 74.3 cm³/mol. The zero-order valence-corrected chi connectivity index (χ0v) is 10.9. The molecule has 0 unspecified atom stereocenters. The number of benzene rings is 1. The predicted octanol–water partition coefficient (Wildman–Crippen LogP) is 0.441. The van der Waals surface area contributed by atoms with Gasteiger partial charge in [0.1, 0.15) is 0 Å². The van der Waals surface area contributed by atoms with Crippen molar-refractivity contribution in [2.24, 2.45) is 5.73 Å². The van der Waals surface area contributed by atoms with Crippen LogP contribution in [0, 0.1) is 0 Å². The molecule has 0 bridgehead atoms. The Morgan fingerprint density at radius 1 is 1.35 bits per heavy atom. The summed E-state index contributed by atoms with van der Waals surface area (Å²) in [6, 6.07) is 5.28. The molecule has 0 saturated carbocycles. The van der Waals surface area contributed by atoms with Crippen LogP contribution in [-0.2, 0) is 11.3 Å². The quantitative estimate of drug-likeness (QED) is 0.848. The highest BCUT2D eigenvalue weighted by atomic mass is 16.2. The minimum absolute atomic E-state index is 0.233. The summed E-state index contributed by atoms with van der Waals surface area (Å²) in [6.45, 7) is 1.57. The number of amides is 3. The number of rotatable bonds is 3. The molecular formula is C13H15N5O2. The van der Waals surface area contributed by atoms with E-state index in [1.54, 1.807) is 11.1 Å². The fraction of sp³-hybridized carbons (Fsp3) is 0.308. The van der Waals surface area contributed by atoms with Crippen molar-refractivity contribution in [3.8, 4) is 0 Å². The maximum Gasteiger partial charge on any atom is 0.328 e. The Hall–Kier alpha value is -2.41. The molecule has 3 N–H and O–H groups in total. The van der Waals surface area contributed by atoms with Crippen LogP contribution in [0.4, 0.5) is 10.5 Å². The normalized spacial score (nSPS) is 15.8. The summed E-state index contributed by atoms with van der Waals surface area (Å²) in [5, 5.41) is 7.52. The maximum atomic E-state index is 11.8. The van der Waals surface area contributed by atoms with E-state index in [-0.39, 0.29) is 11.9 Å². The third-order valence-electron chi connectivity index (χ3n) is 3.33. The Kier molecular flexibility index (Phi) is 3.11. The van der Waals surface area contributed by atoms with Gasteiger partial charge in [-0.1, -0.05) is 0 Å². The number of nitrogens with one attached hydrogen (secondary N) is 1. The highest BCUT2D eigenvalue weighted by Crippen LogP contribution is 2.23. The first-order valence-electron chi connectivity index (χ1n) is 6.46. The van der Waals surface area contributed by atoms with Gasteiger partial charge in [0.25, 0.3) is 0 Å². The minimum atomic E-state index is -0.380. The van der Waals surface area contributed by atoms with Crippen LogP contribution in [0.3, 0.4) is 0 Å². The summed E-state index contributed by atoms with van der Waals surface area (Å²) < 4.78 is 1.83. The molecule has 3 amide bonds. The summed E-state index contributed by atoms with van der Waals surface area (Å²) in [7, 11) is 0. The highest BCUT2D eigenvalue weighted by Gasteiger charge is 2.24. The Balaban J connectivity index is 1.93. The van der Waals surface area contributed by atoms with Crippen LogP contribution in [0.15, 0.2) is 24.4 Å². The van der Waals surface area contributed by atoms with Gasteiger partial charge in [0, 0.05) is 30.6 Å². The topological polar surface area (TPSA) is 93.2 Å². The van der Waals surface area contributed by atoms with Gasteiger partial charge in [-0.3, -0.25) is 19.7 Å². The van der Waals surface area contributed by atoms with Gasteiger partial charge in [0.2, 0.25) is 5.91 Å². The van der Waals surface area contributed by atoms with Gasteiger partial charge in [-0.15, -0.1) is 0 Å². The van der Waals surface area contributed by atoms with Crippen molar-refractivity contribution in [2.75, 3.05) is 18.0 Å². The summed E-state index contributed by atoms with van der Waals surface area (Å²) in [4.78, 5) is 24.5. The molecule has 0 radical (unpaired) electrons. The lowest BCUT2D eigenvalue weighted by Crippen LogP contribution is -2.49. The van der Waals surface area contributed by atoms with E-state index in [9.17, 15) is 9.59 Å². The molecule has 0 spiro atoms. The van der Waals surface area contributed by atoms with E-state index in [4.69, 9.17) is 5.73 Å². The summed E-state index contributed by atoms with van der Waals surface area (Å²) in [6.07, 6.45) is 2.07. The number of hydrogen-bond acceptors (Lipinski definition) is 4. The zero-order valence-electron chi connectivity index (χ0n) is 10.9. The molecule has 20 heavy (non-hydrogen) atoms. The SMILES string of the molecule is NCCn1ncc2cc(N3CCC(=O)NC3=O)ccc21. The van der Waals surface area contributed by atoms with Crippen molar-refractivity contribution in [1.29, 1.82) is 0 Å². The molecule has 1 aliphatic rings. The van der Waals surface area contributed by atoms with Crippen LogP contribution < -0.4 is 16.0 Å². The van der Waals surface area contributed by atoms with E-state index in [1.807, 2.05) is 22.9 Å². The van der Waals surface area contributed by atoms with Crippen molar-refractivity contribution >= 4 is 28.5 Å². The average molecular weight is 273 g/mol. The third kappa shape index (κ3) is 2.12. The first kappa shape index (κ1) is 12.6. The number of anilines is 1. The van der Waals surface area contributed by atoms with Gasteiger partial charge in [-0.05, 0) is 18.2 Å². The summed E-state index contributed by atoms with van der Waals surface area (Å²) >= 11 is 0. The van der Waals surface area contributed by atoms with E-state index in [0.717, 1.165) is 16.6 Å². The molecule has 1 aromatic heterocycles. The maximum absolute atomic E-state index is 11.8. The van der Waals surface area contributed by atoms with Crippen LogP contribution >= 0.6 is 0 Å². The van der Waals surface area contributed by atoms with Crippen LogP contribution in [0.5, 0.6) is 0 Å². The van der Waals surface area contributed by atoms with E-state index >= 15 is 0 Å². The standard InChI is InChI=1S/C13H15N5O2/c14-4-6-18-11-2-1-10(7-9(11)8-15-18)17-5-3-12(19)16-13(17)20/h1-2,7-8H,3-6,14H2,(H,16,19,20). The fourth-order valence-corrected chi connectivity index (χ4v) is 2.35. The Bertz CT molecular complexity index is 678. The molecule has 1 saturated heterocycles. The lowest BCUT2D eigenvalue weighted by atomic mass is 10.2.